The Labute approximate surface area is 197 Å². The Morgan fingerprint density at radius 3 is 2.39 bits per heavy atom. The topological polar surface area (TPSA) is 95.6 Å². The van der Waals surface area contributed by atoms with E-state index in [9.17, 15) is 18.0 Å². The fourth-order valence-electron chi connectivity index (χ4n) is 3.24. The molecule has 0 radical (unpaired) electrons. The summed E-state index contributed by atoms with van der Waals surface area (Å²) < 4.78 is 27.4. The minimum atomic E-state index is -3.94. The van der Waals surface area contributed by atoms with E-state index in [2.05, 4.69) is 10.6 Å². The molecule has 0 aliphatic heterocycles. The van der Waals surface area contributed by atoms with Crippen molar-refractivity contribution >= 4 is 44.8 Å². The summed E-state index contributed by atoms with van der Waals surface area (Å²) in [6.45, 7) is 0. The maximum absolute atomic E-state index is 13.1. The maximum atomic E-state index is 13.1. The Balaban J connectivity index is 1.57. The van der Waals surface area contributed by atoms with E-state index >= 15 is 0 Å². The molecule has 170 valence electrons. The fraction of sp³-hybridized carbons (Fsp3) is 0.167. The van der Waals surface area contributed by atoms with Crippen LogP contribution in [0.4, 0.5) is 11.4 Å². The van der Waals surface area contributed by atoms with E-state index in [-0.39, 0.29) is 22.4 Å². The summed E-state index contributed by atoms with van der Waals surface area (Å²) in [4.78, 5) is 25.4. The lowest BCUT2D eigenvalue weighted by Crippen LogP contribution is -2.27. The highest BCUT2D eigenvalue weighted by molar-refractivity contribution is 7.92. The predicted molar refractivity (Wildman–Crippen MR) is 128 cm³/mol. The minimum Gasteiger partial charge on any atom is -0.349 e. The number of rotatable bonds is 7. The number of anilines is 2. The van der Waals surface area contributed by atoms with E-state index in [4.69, 9.17) is 11.6 Å². The van der Waals surface area contributed by atoms with Crippen molar-refractivity contribution < 1.29 is 18.0 Å². The van der Waals surface area contributed by atoms with Gasteiger partial charge in [0.05, 0.1) is 21.8 Å². The molecule has 1 aliphatic carbocycles. The number of carbonyl (C=O) groups is 2. The van der Waals surface area contributed by atoms with Gasteiger partial charge in [-0.25, -0.2) is 8.42 Å². The van der Waals surface area contributed by atoms with Crippen molar-refractivity contribution in [2.75, 3.05) is 16.7 Å². The summed E-state index contributed by atoms with van der Waals surface area (Å²) in [6.07, 6.45) is 1.90. The Bertz CT molecular complexity index is 1320. The lowest BCUT2D eigenvalue weighted by Gasteiger charge is -2.20. The third-order valence-electron chi connectivity index (χ3n) is 5.26. The van der Waals surface area contributed by atoms with Crippen LogP contribution in [0.15, 0.2) is 77.7 Å². The van der Waals surface area contributed by atoms with Crippen molar-refractivity contribution in [2.45, 2.75) is 23.8 Å². The van der Waals surface area contributed by atoms with E-state index in [1.54, 1.807) is 48.5 Å². The molecule has 9 heteroatoms. The quantitative estimate of drug-likeness (QED) is 0.523. The molecule has 2 amide bonds. The van der Waals surface area contributed by atoms with Gasteiger partial charge in [0, 0.05) is 23.7 Å². The molecule has 0 unspecified atom stereocenters. The van der Waals surface area contributed by atoms with Gasteiger partial charge in [0.1, 0.15) is 0 Å². The normalized spacial score (nSPS) is 13.3. The SMILES string of the molecule is CN(c1cccc(Cl)c1)S(=O)(=O)c1cccc(C(=O)Nc2ccccc2C(=O)NC2CC2)c1. The van der Waals surface area contributed by atoms with Crippen LogP contribution in [-0.2, 0) is 10.0 Å². The van der Waals surface area contributed by atoms with Crippen molar-refractivity contribution in [3.63, 3.8) is 0 Å². The van der Waals surface area contributed by atoms with Gasteiger partial charge in [0.2, 0.25) is 0 Å². The molecule has 1 saturated carbocycles. The van der Waals surface area contributed by atoms with Gasteiger partial charge < -0.3 is 10.6 Å². The molecule has 1 aliphatic rings. The van der Waals surface area contributed by atoms with Crippen LogP contribution in [0.5, 0.6) is 0 Å². The summed E-state index contributed by atoms with van der Waals surface area (Å²) in [5, 5.41) is 6.03. The molecular formula is C24H22ClN3O4S. The molecule has 7 nitrogen and oxygen atoms in total. The number of nitrogens with zero attached hydrogens (tertiary/aromatic N) is 1. The van der Waals surface area contributed by atoms with Crippen LogP contribution in [0.1, 0.15) is 33.6 Å². The Hall–Kier alpha value is -3.36. The average Bonchev–Trinajstić information content (AvgIpc) is 3.63. The highest BCUT2D eigenvalue weighted by Crippen LogP contribution is 2.26. The van der Waals surface area contributed by atoms with Crippen LogP contribution < -0.4 is 14.9 Å². The number of para-hydroxylation sites is 1. The second-order valence-corrected chi connectivity index (χ2v) is 10.1. The van der Waals surface area contributed by atoms with E-state index in [0.29, 0.717) is 22.0 Å². The highest BCUT2D eigenvalue weighted by atomic mass is 35.5. The average molecular weight is 484 g/mol. The molecule has 0 saturated heterocycles. The summed E-state index contributed by atoms with van der Waals surface area (Å²) in [5.74, 6) is -0.781. The van der Waals surface area contributed by atoms with Gasteiger partial charge in [-0.2, -0.15) is 0 Å². The van der Waals surface area contributed by atoms with Crippen LogP contribution in [0.2, 0.25) is 5.02 Å². The van der Waals surface area contributed by atoms with Crippen LogP contribution in [-0.4, -0.2) is 33.3 Å². The lowest BCUT2D eigenvalue weighted by molar-refractivity contribution is 0.0952. The van der Waals surface area contributed by atoms with Gasteiger partial charge in [-0.1, -0.05) is 35.9 Å². The molecule has 0 spiro atoms. The first-order valence-electron chi connectivity index (χ1n) is 10.3. The molecule has 0 bridgehead atoms. The molecule has 3 aromatic carbocycles. The van der Waals surface area contributed by atoms with Crippen LogP contribution >= 0.6 is 11.6 Å². The summed E-state index contributed by atoms with van der Waals surface area (Å²) in [7, 11) is -2.52. The highest BCUT2D eigenvalue weighted by Gasteiger charge is 2.26. The zero-order valence-corrected chi connectivity index (χ0v) is 19.4. The molecule has 4 rings (SSSR count). The van der Waals surface area contributed by atoms with Crippen molar-refractivity contribution in [3.8, 4) is 0 Å². The third-order valence-corrected chi connectivity index (χ3v) is 7.28. The maximum Gasteiger partial charge on any atom is 0.264 e. The summed E-state index contributed by atoms with van der Waals surface area (Å²) >= 11 is 5.99. The lowest BCUT2D eigenvalue weighted by atomic mass is 10.1. The van der Waals surface area contributed by atoms with Crippen molar-refractivity contribution in [1.82, 2.24) is 5.32 Å². The Morgan fingerprint density at radius 2 is 1.67 bits per heavy atom. The number of hydrogen-bond donors (Lipinski definition) is 2. The second kappa shape index (κ2) is 9.25. The molecule has 0 heterocycles. The van der Waals surface area contributed by atoms with Gasteiger partial charge in [0.25, 0.3) is 21.8 Å². The number of halogens is 1. The van der Waals surface area contributed by atoms with E-state index in [0.717, 1.165) is 17.1 Å². The van der Waals surface area contributed by atoms with Gasteiger partial charge in [0.15, 0.2) is 0 Å². The van der Waals surface area contributed by atoms with Crippen LogP contribution in [0, 0.1) is 0 Å². The Kier molecular flexibility index (Phi) is 6.40. The van der Waals surface area contributed by atoms with Crippen LogP contribution in [0.25, 0.3) is 0 Å². The van der Waals surface area contributed by atoms with E-state index in [1.165, 1.54) is 31.3 Å². The molecular weight excluding hydrogens is 462 g/mol. The number of carbonyl (C=O) groups excluding carboxylic acids is 2. The second-order valence-electron chi connectivity index (χ2n) is 7.73. The van der Waals surface area contributed by atoms with Gasteiger partial charge >= 0.3 is 0 Å². The number of benzene rings is 3. The number of hydrogen-bond acceptors (Lipinski definition) is 4. The Morgan fingerprint density at radius 1 is 0.939 bits per heavy atom. The molecule has 2 N–H and O–H groups in total. The minimum absolute atomic E-state index is 0.0441. The first-order valence-corrected chi connectivity index (χ1v) is 12.1. The third kappa shape index (κ3) is 5.18. The van der Waals surface area contributed by atoms with Crippen molar-refractivity contribution in [2.24, 2.45) is 0 Å². The zero-order valence-electron chi connectivity index (χ0n) is 17.8. The first-order chi connectivity index (χ1) is 15.8. The first kappa shape index (κ1) is 22.8. The number of nitrogens with one attached hydrogen (secondary N) is 2. The fourth-order valence-corrected chi connectivity index (χ4v) is 4.66. The molecule has 0 aromatic heterocycles. The zero-order chi connectivity index (χ0) is 23.6. The predicted octanol–water partition coefficient (Wildman–Crippen LogP) is 4.31. The largest absolute Gasteiger partial charge is 0.349 e. The molecule has 3 aromatic rings. The van der Waals surface area contributed by atoms with Gasteiger partial charge in [-0.05, 0) is 61.4 Å². The van der Waals surface area contributed by atoms with E-state index < -0.39 is 15.9 Å². The number of amides is 2. The van der Waals surface area contributed by atoms with Crippen molar-refractivity contribution in [1.29, 1.82) is 0 Å². The monoisotopic (exact) mass is 483 g/mol. The van der Waals surface area contributed by atoms with Crippen LogP contribution in [0.3, 0.4) is 0 Å². The molecule has 1 fully saturated rings. The molecule has 33 heavy (non-hydrogen) atoms. The van der Waals surface area contributed by atoms with Gasteiger partial charge in [-0.15, -0.1) is 0 Å². The smallest absolute Gasteiger partial charge is 0.264 e. The summed E-state index contributed by atoms with van der Waals surface area (Å²) in [5.41, 5.74) is 1.24. The molecule has 0 atom stereocenters. The van der Waals surface area contributed by atoms with Gasteiger partial charge in [-0.3, -0.25) is 13.9 Å². The number of sulfonamides is 1. The van der Waals surface area contributed by atoms with E-state index in [1.807, 2.05) is 0 Å². The standard InChI is InChI=1S/C24H22ClN3O4S/c1-28(19-8-5-7-17(25)15-19)33(31,32)20-9-4-6-16(14-20)23(29)27-22-11-3-2-10-21(22)24(30)26-18-12-13-18/h2-11,14-15,18H,12-13H2,1H3,(H,26,30)(H,27,29). The van der Waals surface area contributed by atoms with Crippen molar-refractivity contribution in [3.05, 3.63) is 88.9 Å². The summed E-state index contributed by atoms with van der Waals surface area (Å²) in [6, 6.07) is 19.1.